The summed E-state index contributed by atoms with van der Waals surface area (Å²) in [6.07, 6.45) is 0.0455. The van der Waals surface area contributed by atoms with Gasteiger partial charge >= 0.3 is 5.97 Å². The summed E-state index contributed by atoms with van der Waals surface area (Å²) in [7, 11) is 0. The second-order valence-electron chi connectivity index (χ2n) is 6.86. The van der Waals surface area contributed by atoms with E-state index in [9.17, 15) is 14.4 Å². The summed E-state index contributed by atoms with van der Waals surface area (Å²) < 4.78 is 5.10. The van der Waals surface area contributed by atoms with Crippen molar-refractivity contribution in [2.45, 2.75) is 20.3 Å². The first-order valence-electron chi connectivity index (χ1n) is 8.93. The number of amides is 2. The van der Waals surface area contributed by atoms with Crippen molar-refractivity contribution in [2.24, 2.45) is 5.92 Å². The van der Waals surface area contributed by atoms with E-state index in [-0.39, 0.29) is 18.9 Å². The van der Waals surface area contributed by atoms with E-state index < -0.39 is 24.4 Å². The maximum Gasteiger partial charge on any atom is 0.311 e. The first-order chi connectivity index (χ1) is 13.3. The molecular weight excluding hydrogens is 380 g/mol. The largest absolute Gasteiger partial charge is 0.455 e. The highest BCUT2D eigenvalue weighted by molar-refractivity contribution is 6.31. The molecule has 2 aromatic rings. The van der Waals surface area contributed by atoms with Gasteiger partial charge in [0.05, 0.1) is 5.92 Å². The van der Waals surface area contributed by atoms with E-state index >= 15 is 0 Å². The van der Waals surface area contributed by atoms with Gasteiger partial charge in [-0.25, -0.2) is 0 Å². The minimum atomic E-state index is -0.611. The average molecular weight is 401 g/mol. The van der Waals surface area contributed by atoms with Gasteiger partial charge in [0.15, 0.2) is 6.61 Å². The fourth-order valence-corrected chi connectivity index (χ4v) is 3.13. The first-order valence-corrected chi connectivity index (χ1v) is 9.31. The van der Waals surface area contributed by atoms with Crippen LogP contribution in [0, 0.1) is 19.8 Å². The molecule has 1 aliphatic rings. The highest BCUT2D eigenvalue weighted by Gasteiger charge is 2.36. The van der Waals surface area contributed by atoms with Gasteiger partial charge in [0.25, 0.3) is 5.91 Å². The maximum atomic E-state index is 12.3. The third kappa shape index (κ3) is 4.70. The van der Waals surface area contributed by atoms with Crippen LogP contribution in [-0.4, -0.2) is 30.9 Å². The van der Waals surface area contributed by atoms with E-state index in [1.54, 1.807) is 24.3 Å². The Morgan fingerprint density at radius 3 is 2.57 bits per heavy atom. The molecule has 3 rings (SSSR count). The van der Waals surface area contributed by atoms with E-state index in [2.05, 4.69) is 5.32 Å². The van der Waals surface area contributed by atoms with Gasteiger partial charge in [0.2, 0.25) is 5.91 Å². The number of rotatable bonds is 5. The van der Waals surface area contributed by atoms with Crippen molar-refractivity contribution in [3.63, 3.8) is 0 Å². The highest BCUT2D eigenvalue weighted by atomic mass is 35.5. The molecule has 2 aromatic carbocycles. The first kappa shape index (κ1) is 19.9. The summed E-state index contributed by atoms with van der Waals surface area (Å²) in [4.78, 5) is 38.0. The zero-order valence-electron chi connectivity index (χ0n) is 15.7. The number of carbonyl (C=O) groups is 3. The second-order valence-corrected chi connectivity index (χ2v) is 7.27. The number of hydrogen-bond donors (Lipinski definition) is 1. The Kier molecular flexibility index (Phi) is 5.99. The number of anilines is 2. The van der Waals surface area contributed by atoms with Gasteiger partial charge in [0, 0.05) is 29.4 Å². The number of nitrogens with zero attached hydrogens (tertiary/aromatic N) is 1. The molecule has 7 heteroatoms. The van der Waals surface area contributed by atoms with E-state index in [1.165, 1.54) is 4.90 Å². The predicted octanol–water partition coefficient (Wildman–Crippen LogP) is 3.49. The fourth-order valence-electron chi connectivity index (χ4n) is 2.95. The molecule has 1 saturated heterocycles. The van der Waals surface area contributed by atoms with Gasteiger partial charge in [-0.3, -0.25) is 14.4 Å². The number of aryl methyl sites for hydroxylation is 2. The van der Waals surface area contributed by atoms with Crippen LogP contribution in [0.15, 0.2) is 42.5 Å². The van der Waals surface area contributed by atoms with Crippen LogP contribution in [0.1, 0.15) is 17.5 Å². The zero-order chi connectivity index (χ0) is 20.3. The number of esters is 1. The molecule has 28 heavy (non-hydrogen) atoms. The SMILES string of the molecule is Cc1ccc(NC(=O)COC(=O)[C@H]2CC(=O)N(c3ccc(C)c(Cl)c3)C2)cc1. The molecule has 1 fully saturated rings. The third-order valence-electron chi connectivity index (χ3n) is 4.61. The van der Waals surface area contributed by atoms with Crippen molar-refractivity contribution in [1.29, 1.82) is 0 Å². The quantitative estimate of drug-likeness (QED) is 0.779. The maximum absolute atomic E-state index is 12.3. The number of halogens is 1. The Balaban J connectivity index is 1.53. The molecule has 1 atom stereocenters. The monoisotopic (exact) mass is 400 g/mol. The molecule has 0 aliphatic carbocycles. The molecule has 0 unspecified atom stereocenters. The van der Waals surface area contributed by atoms with Crippen LogP contribution in [0.2, 0.25) is 5.02 Å². The van der Waals surface area contributed by atoms with Crippen molar-refractivity contribution in [3.05, 3.63) is 58.6 Å². The van der Waals surface area contributed by atoms with Gasteiger partial charge in [-0.2, -0.15) is 0 Å². The van der Waals surface area contributed by atoms with Crippen molar-refractivity contribution in [2.75, 3.05) is 23.4 Å². The van der Waals surface area contributed by atoms with E-state index in [1.807, 2.05) is 32.0 Å². The minimum absolute atomic E-state index is 0.0455. The molecule has 0 spiro atoms. The summed E-state index contributed by atoms with van der Waals surface area (Å²) in [6.45, 7) is 3.63. The Labute approximate surface area is 168 Å². The third-order valence-corrected chi connectivity index (χ3v) is 5.01. The Morgan fingerprint density at radius 1 is 1.18 bits per heavy atom. The average Bonchev–Trinajstić information content (AvgIpc) is 3.06. The Bertz CT molecular complexity index is 911. The summed E-state index contributed by atoms with van der Waals surface area (Å²) in [6, 6.07) is 12.6. The van der Waals surface area contributed by atoms with Gasteiger partial charge in [0.1, 0.15) is 0 Å². The molecular formula is C21H21ClN2O4. The van der Waals surface area contributed by atoms with Crippen molar-refractivity contribution < 1.29 is 19.1 Å². The molecule has 0 aromatic heterocycles. The summed E-state index contributed by atoms with van der Waals surface area (Å²) in [5.74, 6) is -1.78. The molecule has 1 heterocycles. The van der Waals surface area contributed by atoms with Gasteiger partial charge in [-0.05, 0) is 43.7 Å². The fraction of sp³-hybridized carbons (Fsp3) is 0.286. The van der Waals surface area contributed by atoms with Crippen LogP contribution in [0.4, 0.5) is 11.4 Å². The molecule has 6 nitrogen and oxygen atoms in total. The van der Waals surface area contributed by atoms with Crippen LogP contribution >= 0.6 is 11.6 Å². The summed E-state index contributed by atoms with van der Waals surface area (Å²) in [5, 5.41) is 3.22. The topological polar surface area (TPSA) is 75.7 Å². The number of ether oxygens (including phenoxy) is 1. The van der Waals surface area contributed by atoms with E-state index in [4.69, 9.17) is 16.3 Å². The normalized spacial score (nSPS) is 16.2. The summed E-state index contributed by atoms with van der Waals surface area (Å²) in [5.41, 5.74) is 3.26. The molecule has 0 saturated carbocycles. The zero-order valence-corrected chi connectivity index (χ0v) is 16.5. The highest BCUT2D eigenvalue weighted by Crippen LogP contribution is 2.29. The van der Waals surface area contributed by atoms with Crippen LogP contribution in [0.5, 0.6) is 0 Å². The predicted molar refractivity (Wildman–Crippen MR) is 107 cm³/mol. The van der Waals surface area contributed by atoms with Crippen LogP contribution in [-0.2, 0) is 19.1 Å². The van der Waals surface area contributed by atoms with Gasteiger partial charge < -0.3 is 15.0 Å². The number of carbonyl (C=O) groups excluding carboxylic acids is 3. The van der Waals surface area contributed by atoms with Gasteiger partial charge in [-0.15, -0.1) is 0 Å². The Hall–Kier alpha value is -2.86. The van der Waals surface area contributed by atoms with Crippen molar-refractivity contribution in [3.8, 4) is 0 Å². The molecule has 0 radical (unpaired) electrons. The smallest absolute Gasteiger partial charge is 0.311 e. The molecule has 2 amide bonds. The number of hydrogen-bond acceptors (Lipinski definition) is 4. The van der Waals surface area contributed by atoms with Crippen molar-refractivity contribution >= 4 is 40.8 Å². The summed E-state index contributed by atoms with van der Waals surface area (Å²) >= 11 is 6.12. The molecule has 146 valence electrons. The van der Waals surface area contributed by atoms with Crippen molar-refractivity contribution in [1.82, 2.24) is 0 Å². The lowest BCUT2D eigenvalue weighted by Gasteiger charge is -2.17. The lowest BCUT2D eigenvalue weighted by molar-refractivity contribution is -0.151. The molecule has 0 bridgehead atoms. The van der Waals surface area contributed by atoms with Crippen LogP contribution in [0.3, 0.4) is 0 Å². The second kappa shape index (κ2) is 8.44. The Morgan fingerprint density at radius 2 is 1.89 bits per heavy atom. The molecule has 1 aliphatic heterocycles. The lowest BCUT2D eigenvalue weighted by Crippen LogP contribution is -2.28. The molecule has 1 N–H and O–H groups in total. The van der Waals surface area contributed by atoms with Crippen LogP contribution in [0.25, 0.3) is 0 Å². The van der Waals surface area contributed by atoms with Gasteiger partial charge in [-0.1, -0.05) is 35.4 Å². The number of nitrogens with one attached hydrogen (secondary N) is 1. The van der Waals surface area contributed by atoms with Crippen LogP contribution < -0.4 is 10.2 Å². The van der Waals surface area contributed by atoms with E-state index in [0.29, 0.717) is 16.4 Å². The standard InChI is InChI=1S/C21H21ClN2O4/c1-13-3-6-16(7-4-13)23-19(25)12-28-21(27)15-9-20(26)24(11-15)17-8-5-14(2)18(22)10-17/h3-8,10,15H,9,11-12H2,1-2H3,(H,23,25)/t15-/m0/s1. The van der Waals surface area contributed by atoms with E-state index in [0.717, 1.165) is 11.1 Å². The lowest BCUT2D eigenvalue weighted by atomic mass is 10.1. The minimum Gasteiger partial charge on any atom is -0.455 e. The number of benzene rings is 2.